The van der Waals surface area contributed by atoms with Crippen molar-refractivity contribution in [3.05, 3.63) is 58.7 Å². The molecule has 0 aliphatic carbocycles. The number of carbonyl (C=O) groups is 1. The molecule has 1 aromatic carbocycles. The first-order chi connectivity index (χ1) is 13.8. The number of benzene rings is 1. The summed E-state index contributed by atoms with van der Waals surface area (Å²) in [6.07, 6.45) is 3.92. The van der Waals surface area contributed by atoms with Crippen LogP contribution in [-0.2, 0) is 0 Å². The molecule has 0 saturated heterocycles. The Morgan fingerprint density at radius 2 is 1.62 bits per heavy atom. The fraction of sp³-hybridized carbons (Fsp3) is 0.417. The minimum absolute atomic E-state index is 0.111. The topological polar surface area (TPSA) is 37.6 Å². The Balaban J connectivity index is 1.84. The van der Waals surface area contributed by atoms with Gasteiger partial charge in [-0.25, -0.2) is 4.52 Å². The summed E-state index contributed by atoms with van der Waals surface area (Å²) in [4.78, 5) is 15.2. The van der Waals surface area contributed by atoms with Gasteiger partial charge >= 0.3 is 0 Å². The fourth-order valence-electron chi connectivity index (χ4n) is 3.21. The lowest BCUT2D eigenvalue weighted by Crippen LogP contribution is -2.34. The number of fused-ring (bicyclic) bond motifs is 1. The van der Waals surface area contributed by atoms with Crippen LogP contribution in [0, 0.1) is 11.8 Å². The monoisotopic (exact) mass is 455 g/mol. The lowest BCUT2D eigenvalue weighted by molar-refractivity contribution is 0.0741. The van der Waals surface area contributed by atoms with Crippen LogP contribution in [-0.4, -0.2) is 33.5 Å². The molecular weight excluding hydrogens is 426 g/mol. The molecule has 3 aromatic rings. The van der Waals surface area contributed by atoms with Crippen molar-refractivity contribution in [1.29, 1.82) is 0 Å². The van der Waals surface area contributed by atoms with Crippen LogP contribution in [0.3, 0.4) is 0 Å². The van der Waals surface area contributed by atoms with Gasteiger partial charge in [-0.3, -0.25) is 4.79 Å². The highest BCUT2D eigenvalue weighted by molar-refractivity contribution is 9.10. The maximum absolute atomic E-state index is 13.2. The summed E-state index contributed by atoms with van der Waals surface area (Å²) in [7, 11) is 0. The molecule has 0 saturated carbocycles. The molecule has 0 spiro atoms. The van der Waals surface area contributed by atoms with Gasteiger partial charge in [0.05, 0.1) is 11.2 Å². The molecule has 0 aliphatic rings. The number of nitrogens with zero attached hydrogens (tertiary/aromatic N) is 3. The van der Waals surface area contributed by atoms with E-state index in [2.05, 4.69) is 48.7 Å². The van der Waals surface area contributed by atoms with Gasteiger partial charge in [0.2, 0.25) is 0 Å². The Kier molecular flexibility index (Phi) is 7.12. The van der Waals surface area contributed by atoms with Crippen LogP contribution < -0.4 is 0 Å². The average molecular weight is 456 g/mol. The standard InChI is InChI=1S/C24H30BrN3O/c1-17(2)9-12-27(13-10-18(3)4)24(29)20-11-14-28-22(15-20)16-23(26-28)19-5-7-21(25)8-6-19/h5-8,11,14-18H,9-10,12-13H2,1-4H3. The summed E-state index contributed by atoms with van der Waals surface area (Å²) < 4.78 is 2.88. The van der Waals surface area contributed by atoms with E-state index in [1.165, 1.54) is 0 Å². The van der Waals surface area contributed by atoms with Gasteiger partial charge < -0.3 is 4.90 Å². The summed E-state index contributed by atoms with van der Waals surface area (Å²) in [5.41, 5.74) is 3.62. The highest BCUT2D eigenvalue weighted by Crippen LogP contribution is 2.23. The Morgan fingerprint density at radius 3 is 2.21 bits per heavy atom. The molecule has 0 bridgehead atoms. The van der Waals surface area contributed by atoms with Crippen LogP contribution in [0.2, 0.25) is 0 Å². The van der Waals surface area contributed by atoms with Crippen molar-refractivity contribution in [3.8, 4) is 11.3 Å². The third-order valence-electron chi connectivity index (χ3n) is 5.09. The maximum atomic E-state index is 13.2. The van der Waals surface area contributed by atoms with E-state index >= 15 is 0 Å². The lowest BCUT2D eigenvalue weighted by Gasteiger charge is -2.24. The van der Waals surface area contributed by atoms with E-state index in [1.807, 2.05) is 58.1 Å². The number of pyridine rings is 1. The number of amides is 1. The zero-order chi connectivity index (χ0) is 21.0. The molecule has 0 fully saturated rings. The molecule has 0 aliphatic heterocycles. The molecular formula is C24H30BrN3O. The largest absolute Gasteiger partial charge is 0.339 e. The molecule has 3 rings (SSSR count). The maximum Gasteiger partial charge on any atom is 0.253 e. The minimum Gasteiger partial charge on any atom is -0.339 e. The van der Waals surface area contributed by atoms with Crippen LogP contribution in [0.1, 0.15) is 50.9 Å². The Labute approximate surface area is 182 Å². The Bertz CT molecular complexity index is 948. The van der Waals surface area contributed by atoms with Crippen LogP contribution in [0.5, 0.6) is 0 Å². The molecule has 4 nitrogen and oxygen atoms in total. The van der Waals surface area contributed by atoms with Gasteiger partial charge in [0.15, 0.2) is 0 Å². The first-order valence-electron chi connectivity index (χ1n) is 10.4. The number of hydrogen-bond acceptors (Lipinski definition) is 2. The van der Waals surface area contributed by atoms with E-state index < -0.39 is 0 Å². The molecule has 2 heterocycles. The smallest absolute Gasteiger partial charge is 0.253 e. The quantitative estimate of drug-likeness (QED) is 0.399. The van der Waals surface area contributed by atoms with Gasteiger partial charge in [-0.15, -0.1) is 0 Å². The SMILES string of the molecule is CC(C)CCN(CCC(C)C)C(=O)c1ccn2nc(-c3ccc(Br)cc3)cc2c1. The van der Waals surface area contributed by atoms with Gasteiger partial charge in [-0.2, -0.15) is 5.10 Å². The number of rotatable bonds is 8. The van der Waals surface area contributed by atoms with E-state index in [1.54, 1.807) is 0 Å². The van der Waals surface area contributed by atoms with E-state index in [-0.39, 0.29) is 5.91 Å². The van der Waals surface area contributed by atoms with Crippen LogP contribution in [0.4, 0.5) is 0 Å². The summed E-state index contributed by atoms with van der Waals surface area (Å²) in [5, 5.41) is 4.65. The van der Waals surface area contributed by atoms with Crippen molar-refractivity contribution in [2.45, 2.75) is 40.5 Å². The second-order valence-electron chi connectivity index (χ2n) is 8.48. The fourth-order valence-corrected chi connectivity index (χ4v) is 3.48. The minimum atomic E-state index is 0.111. The first-order valence-corrected chi connectivity index (χ1v) is 11.2. The average Bonchev–Trinajstić information content (AvgIpc) is 3.11. The first kappa shape index (κ1) is 21.6. The normalized spacial score (nSPS) is 11.6. The second kappa shape index (κ2) is 9.57. The summed E-state index contributed by atoms with van der Waals surface area (Å²) in [6, 6.07) is 14.0. The predicted octanol–water partition coefficient (Wildman–Crippen LogP) is 6.30. The molecule has 2 aromatic heterocycles. The van der Waals surface area contributed by atoms with Crippen LogP contribution in [0.25, 0.3) is 16.8 Å². The predicted molar refractivity (Wildman–Crippen MR) is 123 cm³/mol. The van der Waals surface area contributed by atoms with Crippen molar-refractivity contribution in [3.63, 3.8) is 0 Å². The molecule has 5 heteroatoms. The molecule has 1 amide bonds. The van der Waals surface area contributed by atoms with Crippen molar-refractivity contribution >= 4 is 27.4 Å². The van der Waals surface area contributed by atoms with E-state index in [4.69, 9.17) is 0 Å². The van der Waals surface area contributed by atoms with E-state index in [0.29, 0.717) is 11.8 Å². The summed E-state index contributed by atoms with van der Waals surface area (Å²) in [6.45, 7) is 10.4. The highest BCUT2D eigenvalue weighted by atomic mass is 79.9. The third kappa shape index (κ3) is 5.69. The van der Waals surface area contributed by atoms with Crippen molar-refractivity contribution in [2.75, 3.05) is 13.1 Å². The number of halogens is 1. The molecule has 0 atom stereocenters. The van der Waals surface area contributed by atoms with Crippen molar-refractivity contribution in [1.82, 2.24) is 14.5 Å². The van der Waals surface area contributed by atoms with E-state index in [9.17, 15) is 4.79 Å². The van der Waals surface area contributed by atoms with Crippen molar-refractivity contribution < 1.29 is 4.79 Å². The number of carbonyl (C=O) groups excluding carboxylic acids is 1. The van der Waals surface area contributed by atoms with Gasteiger partial charge in [0.1, 0.15) is 0 Å². The molecule has 0 unspecified atom stereocenters. The van der Waals surface area contributed by atoms with E-state index in [0.717, 1.165) is 52.7 Å². The lowest BCUT2D eigenvalue weighted by atomic mass is 10.1. The Hall–Kier alpha value is -2.14. The van der Waals surface area contributed by atoms with Gasteiger partial charge in [0.25, 0.3) is 5.91 Å². The molecule has 0 radical (unpaired) electrons. The van der Waals surface area contributed by atoms with Gasteiger partial charge in [-0.05, 0) is 55.0 Å². The zero-order valence-electron chi connectivity index (χ0n) is 17.7. The zero-order valence-corrected chi connectivity index (χ0v) is 19.3. The van der Waals surface area contributed by atoms with Gasteiger partial charge in [-0.1, -0.05) is 55.8 Å². The Morgan fingerprint density at radius 1 is 1.00 bits per heavy atom. The van der Waals surface area contributed by atoms with Crippen LogP contribution >= 0.6 is 15.9 Å². The molecule has 154 valence electrons. The summed E-state index contributed by atoms with van der Waals surface area (Å²) in [5.74, 6) is 1.27. The number of hydrogen-bond donors (Lipinski definition) is 0. The highest BCUT2D eigenvalue weighted by Gasteiger charge is 2.17. The molecule has 29 heavy (non-hydrogen) atoms. The third-order valence-corrected chi connectivity index (χ3v) is 5.62. The number of aromatic nitrogens is 2. The summed E-state index contributed by atoms with van der Waals surface area (Å²) >= 11 is 3.47. The molecule has 0 N–H and O–H groups in total. The second-order valence-corrected chi connectivity index (χ2v) is 9.39. The van der Waals surface area contributed by atoms with Crippen LogP contribution in [0.15, 0.2) is 53.1 Å². The van der Waals surface area contributed by atoms with Gasteiger partial charge in [0, 0.05) is 34.9 Å². The van der Waals surface area contributed by atoms with Crippen molar-refractivity contribution in [2.24, 2.45) is 11.8 Å².